The SMILES string of the molecule is O=CC#Cc1cccc(C=O)c1O. The summed E-state index contributed by atoms with van der Waals surface area (Å²) in [5.41, 5.74) is 0.439. The minimum absolute atomic E-state index is 0.165. The minimum atomic E-state index is -0.188. The van der Waals surface area contributed by atoms with Crippen LogP contribution in [0.15, 0.2) is 18.2 Å². The minimum Gasteiger partial charge on any atom is -0.506 e. The molecule has 3 heteroatoms. The molecule has 0 radical (unpaired) electrons. The second kappa shape index (κ2) is 4.07. The number of phenols is 1. The van der Waals surface area contributed by atoms with E-state index >= 15 is 0 Å². The summed E-state index contributed by atoms with van der Waals surface area (Å²) in [7, 11) is 0. The average molecular weight is 174 g/mol. The van der Waals surface area contributed by atoms with Gasteiger partial charge in [-0.25, -0.2) is 0 Å². The van der Waals surface area contributed by atoms with Crippen LogP contribution in [0.4, 0.5) is 0 Å². The van der Waals surface area contributed by atoms with Crippen molar-refractivity contribution >= 4 is 12.6 Å². The van der Waals surface area contributed by atoms with Crippen LogP contribution in [0.3, 0.4) is 0 Å². The van der Waals surface area contributed by atoms with Crippen molar-refractivity contribution < 1.29 is 14.7 Å². The summed E-state index contributed by atoms with van der Waals surface area (Å²) in [6.45, 7) is 0. The number of carbonyl (C=O) groups excluding carboxylic acids is 2. The first-order chi connectivity index (χ1) is 6.29. The number of phenolic OH excluding ortho intramolecular Hbond substituents is 1. The lowest BCUT2D eigenvalue weighted by molar-refractivity contribution is -0.103. The molecule has 0 aromatic heterocycles. The normalized spacial score (nSPS) is 8.31. The van der Waals surface area contributed by atoms with Gasteiger partial charge in [0.15, 0.2) is 12.6 Å². The molecule has 0 saturated heterocycles. The number of carbonyl (C=O) groups is 2. The quantitative estimate of drug-likeness (QED) is 0.505. The van der Waals surface area contributed by atoms with Gasteiger partial charge < -0.3 is 5.11 Å². The molecule has 13 heavy (non-hydrogen) atoms. The van der Waals surface area contributed by atoms with Crippen LogP contribution >= 0.6 is 0 Å². The molecule has 1 aromatic carbocycles. The molecule has 64 valence electrons. The zero-order valence-electron chi connectivity index (χ0n) is 6.65. The van der Waals surface area contributed by atoms with E-state index < -0.39 is 0 Å². The van der Waals surface area contributed by atoms with E-state index in [0.717, 1.165) is 0 Å². The predicted octanol–water partition coefficient (Wildman–Crippen LogP) is 0.755. The van der Waals surface area contributed by atoms with E-state index in [1.165, 1.54) is 12.1 Å². The van der Waals surface area contributed by atoms with E-state index in [1.54, 1.807) is 6.07 Å². The summed E-state index contributed by atoms with van der Waals surface area (Å²) in [6, 6.07) is 4.57. The molecule has 1 rings (SSSR count). The molecule has 0 unspecified atom stereocenters. The Kier molecular flexibility index (Phi) is 2.82. The Bertz CT molecular complexity index is 396. The van der Waals surface area contributed by atoms with E-state index in [4.69, 9.17) is 0 Å². The molecular formula is C10H6O3. The molecule has 1 aromatic rings. The van der Waals surface area contributed by atoms with Crippen LogP contribution in [0.1, 0.15) is 15.9 Å². The van der Waals surface area contributed by atoms with Crippen molar-refractivity contribution in [1.82, 2.24) is 0 Å². The number of hydrogen-bond acceptors (Lipinski definition) is 3. The Balaban J connectivity index is 3.22. The number of rotatable bonds is 1. The third-order valence-corrected chi connectivity index (χ3v) is 1.46. The molecule has 0 atom stereocenters. The van der Waals surface area contributed by atoms with Crippen LogP contribution in [0, 0.1) is 11.8 Å². The van der Waals surface area contributed by atoms with Gasteiger partial charge in [-0.3, -0.25) is 9.59 Å². The highest BCUT2D eigenvalue weighted by Crippen LogP contribution is 2.19. The van der Waals surface area contributed by atoms with Crippen LogP contribution in [0.2, 0.25) is 0 Å². The Morgan fingerprint density at radius 1 is 1.31 bits per heavy atom. The smallest absolute Gasteiger partial charge is 0.193 e. The van der Waals surface area contributed by atoms with Crippen molar-refractivity contribution in [2.75, 3.05) is 0 Å². The zero-order chi connectivity index (χ0) is 9.68. The molecule has 0 amide bonds. The summed E-state index contributed by atoms with van der Waals surface area (Å²) in [4.78, 5) is 20.3. The molecule has 3 nitrogen and oxygen atoms in total. The standard InChI is InChI=1S/C10H6O3/c11-6-2-5-8-3-1-4-9(7-12)10(8)13/h1,3-4,6-7,13H. The third kappa shape index (κ3) is 1.94. The van der Waals surface area contributed by atoms with Gasteiger partial charge in [0.2, 0.25) is 0 Å². The van der Waals surface area contributed by atoms with Gasteiger partial charge in [0.1, 0.15) is 5.75 Å². The monoisotopic (exact) mass is 174 g/mol. The van der Waals surface area contributed by atoms with Crippen molar-refractivity contribution in [3.8, 4) is 17.6 Å². The maximum Gasteiger partial charge on any atom is 0.193 e. The van der Waals surface area contributed by atoms with E-state index in [1.807, 2.05) is 0 Å². The lowest BCUT2D eigenvalue weighted by Gasteiger charge is -1.97. The van der Waals surface area contributed by atoms with Gasteiger partial charge in [-0.2, -0.15) is 0 Å². The second-order valence-corrected chi connectivity index (χ2v) is 2.25. The van der Waals surface area contributed by atoms with Gasteiger partial charge in [0.25, 0.3) is 0 Å². The van der Waals surface area contributed by atoms with Gasteiger partial charge in [-0.05, 0) is 18.1 Å². The highest BCUT2D eigenvalue weighted by Gasteiger charge is 2.02. The van der Waals surface area contributed by atoms with Crippen molar-refractivity contribution in [3.05, 3.63) is 29.3 Å². The Morgan fingerprint density at radius 3 is 2.69 bits per heavy atom. The Morgan fingerprint density at radius 2 is 2.08 bits per heavy atom. The molecule has 0 aliphatic heterocycles. The van der Waals surface area contributed by atoms with Gasteiger partial charge in [-0.1, -0.05) is 12.0 Å². The molecule has 0 aliphatic carbocycles. The Labute approximate surface area is 75.0 Å². The largest absolute Gasteiger partial charge is 0.506 e. The number of hydrogen-bond donors (Lipinski definition) is 1. The highest BCUT2D eigenvalue weighted by molar-refractivity contribution is 5.82. The summed E-state index contributed by atoms with van der Waals surface area (Å²) >= 11 is 0. The zero-order valence-corrected chi connectivity index (χ0v) is 6.65. The van der Waals surface area contributed by atoms with Crippen molar-refractivity contribution in [1.29, 1.82) is 0 Å². The number of para-hydroxylation sites is 1. The summed E-state index contributed by atoms with van der Waals surface area (Å²) in [5.74, 6) is 4.37. The summed E-state index contributed by atoms with van der Waals surface area (Å²) in [5, 5.41) is 9.37. The Hall–Kier alpha value is -2.08. The van der Waals surface area contributed by atoms with Crippen LogP contribution in [-0.2, 0) is 4.79 Å². The van der Waals surface area contributed by atoms with E-state index in [2.05, 4.69) is 11.8 Å². The maximum atomic E-state index is 10.4. The molecule has 0 saturated carbocycles. The van der Waals surface area contributed by atoms with Gasteiger partial charge in [0, 0.05) is 0 Å². The van der Waals surface area contributed by atoms with Crippen molar-refractivity contribution in [2.45, 2.75) is 0 Å². The van der Waals surface area contributed by atoms with Crippen LogP contribution < -0.4 is 0 Å². The maximum absolute atomic E-state index is 10.4. The topological polar surface area (TPSA) is 54.4 Å². The van der Waals surface area contributed by atoms with Gasteiger partial charge in [-0.15, -0.1) is 0 Å². The van der Waals surface area contributed by atoms with Crippen molar-refractivity contribution in [2.24, 2.45) is 0 Å². The number of aromatic hydroxyl groups is 1. The first-order valence-electron chi connectivity index (χ1n) is 3.52. The summed E-state index contributed by atoms with van der Waals surface area (Å²) in [6.07, 6.45) is 0.953. The van der Waals surface area contributed by atoms with E-state index in [0.29, 0.717) is 12.6 Å². The lowest BCUT2D eigenvalue weighted by Crippen LogP contribution is -1.84. The van der Waals surface area contributed by atoms with Crippen LogP contribution in [0.25, 0.3) is 0 Å². The molecule has 0 spiro atoms. The molecule has 0 heterocycles. The van der Waals surface area contributed by atoms with E-state index in [9.17, 15) is 14.7 Å². The molecule has 0 aliphatic rings. The van der Waals surface area contributed by atoms with E-state index in [-0.39, 0.29) is 16.9 Å². The fraction of sp³-hybridized carbons (Fsp3) is 0. The lowest BCUT2D eigenvalue weighted by atomic mass is 10.1. The van der Waals surface area contributed by atoms with Gasteiger partial charge >= 0.3 is 0 Å². The first-order valence-corrected chi connectivity index (χ1v) is 3.52. The fourth-order valence-corrected chi connectivity index (χ4v) is 0.865. The van der Waals surface area contributed by atoms with Crippen LogP contribution in [0.5, 0.6) is 5.75 Å². The second-order valence-electron chi connectivity index (χ2n) is 2.25. The molecule has 1 N–H and O–H groups in total. The predicted molar refractivity (Wildman–Crippen MR) is 46.4 cm³/mol. The number of benzene rings is 1. The van der Waals surface area contributed by atoms with Crippen molar-refractivity contribution in [3.63, 3.8) is 0 Å². The first kappa shape index (κ1) is 9.01. The third-order valence-electron chi connectivity index (χ3n) is 1.46. The average Bonchev–Trinajstić information content (AvgIpc) is 2.16. The molecule has 0 fully saturated rings. The summed E-state index contributed by atoms with van der Waals surface area (Å²) < 4.78 is 0. The highest BCUT2D eigenvalue weighted by atomic mass is 16.3. The fourth-order valence-electron chi connectivity index (χ4n) is 0.865. The van der Waals surface area contributed by atoms with Crippen LogP contribution in [-0.4, -0.2) is 17.7 Å². The van der Waals surface area contributed by atoms with Gasteiger partial charge in [0.05, 0.1) is 11.1 Å². The molecule has 0 bridgehead atoms. The number of aldehydes is 2. The molecular weight excluding hydrogens is 168 g/mol.